The monoisotopic (exact) mass is 433 g/mol. The molecule has 1 unspecified atom stereocenters. The molecule has 1 aliphatic heterocycles. The number of urea groups is 1. The predicted octanol–water partition coefficient (Wildman–Crippen LogP) is 3.38. The van der Waals surface area contributed by atoms with E-state index in [0.717, 1.165) is 16.5 Å². The van der Waals surface area contributed by atoms with Crippen molar-refractivity contribution in [2.24, 2.45) is 0 Å². The molecule has 2 aromatic rings. The largest absolute Gasteiger partial charge is 0.326 e. The van der Waals surface area contributed by atoms with E-state index in [0.29, 0.717) is 26.1 Å². The number of nitrogens with one attached hydrogen (secondary N) is 1. The number of nitrogens with zero attached hydrogens (tertiary/aromatic N) is 2. The number of benzene rings is 1. The van der Waals surface area contributed by atoms with Crippen LogP contribution in [0.2, 0.25) is 0 Å². The molecule has 0 saturated carbocycles. The van der Waals surface area contributed by atoms with Crippen LogP contribution in [0.25, 0.3) is 0 Å². The molecule has 2 heterocycles. The summed E-state index contributed by atoms with van der Waals surface area (Å²) < 4.78 is 1.06. The van der Waals surface area contributed by atoms with E-state index >= 15 is 0 Å². The maximum Gasteiger partial charge on any atom is 0.326 e. The maximum absolute atomic E-state index is 13.1. The van der Waals surface area contributed by atoms with Gasteiger partial charge < -0.3 is 5.32 Å². The van der Waals surface area contributed by atoms with Crippen LogP contribution in [0.4, 0.5) is 4.79 Å². The van der Waals surface area contributed by atoms with Crippen molar-refractivity contribution in [2.45, 2.75) is 31.3 Å². The summed E-state index contributed by atoms with van der Waals surface area (Å²) in [6.07, 6.45) is 2.05. The SMILES string of the molecule is CN(Cc1cc(Br)cs1)CN1C(=O)NC2(CCc3ccccc3C2)C1=O. The van der Waals surface area contributed by atoms with E-state index in [4.69, 9.17) is 0 Å². The van der Waals surface area contributed by atoms with Gasteiger partial charge in [0.25, 0.3) is 5.91 Å². The highest BCUT2D eigenvalue weighted by atomic mass is 79.9. The van der Waals surface area contributed by atoms with Gasteiger partial charge in [-0.2, -0.15) is 0 Å². The number of fused-ring (bicyclic) bond motifs is 1. The summed E-state index contributed by atoms with van der Waals surface area (Å²) >= 11 is 5.11. The van der Waals surface area contributed by atoms with Crippen molar-refractivity contribution in [2.75, 3.05) is 13.7 Å². The van der Waals surface area contributed by atoms with Crippen molar-refractivity contribution >= 4 is 39.2 Å². The first-order valence-corrected chi connectivity index (χ1v) is 10.3. The van der Waals surface area contributed by atoms with E-state index in [2.05, 4.69) is 39.4 Å². The molecule has 1 aliphatic carbocycles. The van der Waals surface area contributed by atoms with Gasteiger partial charge in [0.05, 0.1) is 6.67 Å². The lowest BCUT2D eigenvalue weighted by Crippen LogP contribution is -2.51. The zero-order valence-corrected chi connectivity index (χ0v) is 16.9. The number of carbonyl (C=O) groups excluding carboxylic acids is 2. The van der Waals surface area contributed by atoms with Gasteiger partial charge >= 0.3 is 6.03 Å². The fourth-order valence-electron chi connectivity index (χ4n) is 3.82. The number of carbonyl (C=O) groups is 2. The molecular formula is C19H20BrN3O2S. The van der Waals surface area contributed by atoms with Gasteiger partial charge in [0, 0.05) is 27.7 Å². The molecule has 0 radical (unpaired) electrons. The van der Waals surface area contributed by atoms with Crippen molar-refractivity contribution in [1.29, 1.82) is 0 Å². The fourth-order valence-corrected chi connectivity index (χ4v) is 5.35. The van der Waals surface area contributed by atoms with Gasteiger partial charge in [0.1, 0.15) is 5.54 Å². The molecule has 1 saturated heterocycles. The van der Waals surface area contributed by atoms with Crippen molar-refractivity contribution in [3.63, 3.8) is 0 Å². The van der Waals surface area contributed by atoms with Crippen LogP contribution in [0.5, 0.6) is 0 Å². The summed E-state index contributed by atoms with van der Waals surface area (Å²) in [4.78, 5) is 30.2. The molecule has 1 N–H and O–H groups in total. The summed E-state index contributed by atoms with van der Waals surface area (Å²) in [6.45, 7) is 0.993. The Bertz CT molecular complexity index is 868. The molecule has 2 aliphatic rings. The van der Waals surface area contributed by atoms with E-state index < -0.39 is 5.54 Å². The number of rotatable bonds is 4. The van der Waals surface area contributed by atoms with Crippen LogP contribution in [0, 0.1) is 0 Å². The average molecular weight is 434 g/mol. The molecule has 1 aromatic carbocycles. The van der Waals surface area contributed by atoms with Crippen molar-refractivity contribution in [3.05, 3.63) is 56.2 Å². The van der Waals surface area contributed by atoms with E-state index in [-0.39, 0.29) is 11.9 Å². The molecule has 1 spiro atoms. The molecule has 5 nitrogen and oxygen atoms in total. The molecule has 1 atom stereocenters. The van der Waals surface area contributed by atoms with Gasteiger partial charge in [-0.05, 0) is 53.0 Å². The van der Waals surface area contributed by atoms with E-state index in [1.54, 1.807) is 11.3 Å². The topological polar surface area (TPSA) is 52.6 Å². The number of aryl methyl sites for hydroxylation is 1. The minimum absolute atomic E-state index is 0.101. The van der Waals surface area contributed by atoms with Crippen LogP contribution >= 0.6 is 27.3 Å². The van der Waals surface area contributed by atoms with Crippen LogP contribution in [-0.4, -0.2) is 41.0 Å². The number of imide groups is 1. The fraction of sp³-hybridized carbons (Fsp3) is 0.368. The number of hydrogen-bond donors (Lipinski definition) is 1. The maximum atomic E-state index is 13.1. The Kier molecular flexibility index (Phi) is 4.62. The Morgan fingerprint density at radius 2 is 2.08 bits per heavy atom. The Balaban J connectivity index is 1.47. The molecule has 7 heteroatoms. The smallest absolute Gasteiger partial charge is 0.323 e. The molecule has 4 rings (SSSR count). The van der Waals surface area contributed by atoms with Gasteiger partial charge in [-0.25, -0.2) is 9.69 Å². The lowest BCUT2D eigenvalue weighted by Gasteiger charge is -2.32. The summed E-state index contributed by atoms with van der Waals surface area (Å²) in [6, 6.07) is 9.95. The highest BCUT2D eigenvalue weighted by molar-refractivity contribution is 9.10. The average Bonchev–Trinajstić information content (AvgIpc) is 3.11. The Morgan fingerprint density at radius 3 is 2.81 bits per heavy atom. The van der Waals surface area contributed by atoms with E-state index in [1.165, 1.54) is 15.3 Å². The zero-order chi connectivity index (χ0) is 18.3. The van der Waals surface area contributed by atoms with Crippen molar-refractivity contribution < 1.29 is 9.59 Å². The molecule has 0 bridgehead atoms. The zero-order valence-electron chi connectivity index (χ0n) is 14.5. The van der Waals surface area contributed by atoms with Crippen molar-refractivity contribution in [1.82, 2.24) is 15.1 Å². The van der Waals surface area contributed by atoms with Crippen LogP contribution in [0.15, 0.2) is 40.2 Å². The minimum atomic E-state index is -0.780. The standard InChI is InChI=1S/C19H20BrN3O2S/c1-22(10-16-8-15(20)11-26-16)12-23-17(24)19(21-18(23)25)7-6-13-4-2-3-5-14(13)9-19/h2-5,8,11H,6-7,9-10,12H2,1H3,(H,21,25). The molecule has 136 valence electrons. The van der Waals surface area contributed by atoms with Gasteiger partial charge in [-0.3, -0.25) is 9.69 Å². The third kappa shape index (κ3) is 3.19. The lowest BCUT2D eigenvalue weighted by molar-refractivity contribution is -0.133. The Labute approximate surface area is 165 Å². The van der Waals surface area contributed by atoms with E-state index in [9.17, 15) is 9.59 Å². The molecular weight excluding hydrogens is 414 g/mol. The third-order valence-corrected chi connectivity index (χ3v) is 6.79. The highest BCUT2D eigenvalue weighted by Crippen LogP contribution is 2.33. The summed E-state index contributed by atoms with van der Waals surface area (Å²) in [5.74, 6) is -0.101. The second kappa shape index (κ2) is 6.79. The number of thiophene rings is 1. The summed E-state index contributed by atoms with van der Waals surface area (Å²) in [7, 11) is 1.93. The number of amides is 3. The second-order valence-electron chi connectivity index (χ2n) is 7.08. The first-order valence-electron chi connectivity index (χ1n) is 8.59. The first kappa shape index (κ1) is 17.7. The Morgan fingerprint density at radius 1 is 1.31 bits per heavy atom. The summed E-state index contributed by atoms with van der Waals surface area (Å²) in [5.41, 5.74) is 1.66. The first-order chi connectivity index (χ1) is 12.5. The quantitative estimate of drug-likeness (QED) is 0.751. The van der Waals surface area contributed by atoms with Gasteiger partial charge in [-0.1, -0.05) is 24.3 Å². The normalized spacial score (nSPS) is 22.2. The van der Waals surface area contributed by atoms with Gasteiger partial charge in [-0.15, -0.1) is 11.3 Å². The molecule has 26 heavy (non-hydrogen) atoms. The van der Waals surface area contributed by atoms with Gasteiger partial charge in [0.2, 0.25) is 0 Å². The van der Waals surface area contributed by atoms with Crippen LogP contribution in [-0.2, 0) is 24.2 Å². The molecule has 1 fully saturated rings. The number of halogens is 1. The predicted molar refractivity (Wildman–Crippen MR) is 105 cm³/mol. The summed E-state index contributed by atoms with van der Waals surface area (Å²) in [5, 5.41) is 5.02. The van der Waals surface area contributed by atoms with Crippen molar-refractivity contribution in [3.8, 4) is 0 Å². The van der Waals surface area contributed by atoms with Gasteiger partial charge in [0.15, 0.2) is 0 Å². The van der Waals surface area contributed by atoms with Crippen LogP contribution in [0.1, 0.15) is 22.4 Å². The minimum Gasteiger partial charge on any atom is -0.323 e. The highest BCUT2D eigenvalue weighted by Gasteiger charge is 2.52. The third-order valence-electron chi connectivity index (χ3n) is 5.11. The van der Waals surface area contributed by atoms with E-state index in [1.807, 2.05) is 29.5 Å². The lowest BCUT2D eigenvalue weighted by atomic mass is 9.78. The van der Waals surface area contributed by atoms with Crippen LogP contribution in [0.3, 0.4) is 0 Å². The Hall–Kier alpha value is -1.70. The van der Waals surface area contributed by atoms with Crippen LogP contribution < -0.4 is 5.32 Å². The molecule has 1 aromatic heterocycles. The molecule has 3 amide bonds. The number of hydrogen-bond acceptors (Lipinski definition) is 4. The second-order valence-corrected chi connectivity index (χ2v) is 8.99.